The van der Waals surface area contributed by atoms with Crippen LogP contribution in [-0.4, -0.2) is 48.9 Å². The first-order chi connectivity index (χ1) is 10.3. The lowest BCUT2D eigenvalue weighted by Gasteiger charge is -2.20. The van der Waals surface area contributed by atoms with E-state index in [4.69, 9.17) is 0 Å². The molecule has 0 spiro atoms. The van der Waals surface area contributed by atoms with Crippen LogP contribution in [0.3, 0.4) is 0 Å². The summed E-state index contributed by atoms with van der Waals surface area (Å²) in [5, 5.41) is 0. The molecule has 3 nitrogen and oxygen atoms in total. The molecule has 1 aromatic carbocycles. The van der Waals surface area contributed by atoms with Crippen molar-refractivity contribution in [1.82, 2.24) is 9.80 Å². The van der Waals surface area contributed by atoms with E-state index in [2.05, 4.69) is 30.0 Å². The Bertz CT molecular complexity index is 450. The molecule has 3 heteroatoms. The molecule has 1 aliphatic rings. The normalized spacial score (nSPS) is 16.1. The van der Waals surface area contributed by atoms with Gasteiger partial charge >= 0.3 is 0 Å². The highest BCUT2D eigenvalue weighted by Gasteiger charge is 2.11. The molecule has 1 saturated heterocycles. The number of carbonyl (C=O) groups excluding carboxylic acids is 1. The number of rotatable bonds is 8. The lowest BCUT2D eigenvalue weighted by atomic mass is 10.1. The van der Waals surface area contributed by atoms with E-state index in [-0.39, 0.29) is 0 Å². The summed E-state index contributed by atoms with van der Waals surface area (Å²) in [5.41, 5.74) is 2.41. The summed E-state index contributed by atoms with van der Waals surface area (Å²) in [7, 11) is 0. The monoisotopic (exact) mass is 286 g/mol. The van der Waals surface area contributed by atoms with Crippen molar-refractivity contribution < 1.29 is 4.79 Å². The molecule has 0 saturated carbocycles. The summed E-state index contributed by atoms with van der Waals surface area (Å²) < 4.78 is 0. The van der Waals surface area contributed by atoms with Gasteiger partial charge in [-0.15, -0.1) is 0 Å². The van der Waals surface area contributed by atoms with E-state index in [1.54, 1.807) is 0 Å². The highest BCUT2D eigenvalue weighted by Crippen LogP contribution is 2.09. The Morgan fingerprint density at radius 3 is 2.62 bits per heavy atom. The maximum absolute atomic E-state index is 11.2. The molecule has 1 fully saturated rings. The van der Waals surface area contributed by atoms with Crippen LogP contribution in [0, 0.1) is 0 Å². The van der Waals surface area contributed by atoms with Gasteiger partial charge in [0.25, 0.3) is 0 Å². The van der Waals surface area contributed by atoms with Crippen LogP contribution in [-0.2, 0) is 4.79 Å². The first-order valence-corrected chi connectivity index (χ1v) is 7.92. The highest BCUT2D eigenvalue weighted by molar-refractivity contribution is 5.54. The van der Waals surface area contributed by atoms with Crippen LogP contribution in [0.25, 0.3) is 6.08 Å². The molecule has 2 rings (SSSR count). The highest BCUT2D eigenvalue weighted by atomic mass is 16.1. The summed E-state index contributed by atoms with van der Waals surface area (Å²) in [6, 6.07) is 10.3. The van der Waals surface area contributed by atoms with Crippen molar-refractivity contribution >= 4 is 12.5 Å². The zero-order valence-electron chi connectivity index (χ0n) is 13.0. The van der Waals surface area contributed by atoms with Crippen LogP contribution in [0.5, 0.6) is 0 Å². The summed E-state index contributed by atoms with van der Waals surface area (Å²) in [6.07, 6.45) is 6.85. The molecule has 0 atom stereocenters. The van der Waals surface area contributed by atoms with Gasteiger partial charge in [-0.3, -0.25) is 4.79 Å². The van der Waals surface area contributed by atoms with Crippen LogP contribution in [0.15, 0.2) is 35.9 Å². The van der Waals surface area contributed by atoms with Crippen LogP contribution in [0.2, 0.25) is 0 Å². The third kappa shape index (κ3) is 5.72. The molecule has 1 heterocycles. The van der Waals surface area contributed by atoms with Gasteiger partial charge in [0.05, 0.1) is 0 Å². The Kier molecular flexibility index (Phi) is 6.48. The maximum atomic E-state index is 11.2. The van der Waals surface area contributed by atoms with Gasteiger partial charge in [-0.05, 0) is 51.4 Å². The van der Waals surface area contributed by atoms with Gasteiger partial charge < -0.3 is 9.80 Å². The Morgan fingerprint density at radius 1 is 1.24 bits per heavy atom. The van der Waals surface area contributed by atoms with Crippen molar-refractivity contribution in [2.75, 3.05) is 32.7 Å². The third-order valence-electron chi connectivity index (χ3n) is 3.93. The minimum atomic E-state index is 0.721. The minimum absolute atomic E-state index is 0.721. The zero-order valence-corrected chi connectivity index (χ0v) is 13.0. The second-order valence-corrected chi connectivity index (χ2v) is 5.88. The van der Waals surface area contributed by atoms with Gasteiger partial charge in [-0.1, -0.05) is 42.0 Å². The molecular weight excluding hydrogens is 260 g/mol. The summed E-state index contributed by atoms with van der Waals surface area (Å²) in [6.45, 7) is 7.23. The van der Waals surface area contributed by atoms with Crippen molar-refractivity contribution in [3.8, 4) is 0 Å². The molecule has 0 unspecified atom stereocenters. The van der Waals surface area contributed by atoms with Gasteiger partial charge in [-0.25, -0.2) is 0 Å². The number of hydrogen-bond acceptors (Lipinski definition) is 2. The fourth-order valence-corrected chi connectivity index (χ4v) is 2.87. The zero-order chi connectivity index (χ0) is 14.9. The van der Waals surface area contributed by atoms with Crippen molar-refractivity contribution in [2.24, 2.45) is 0 Å². The first-order valence-electron chi connectivity index (χ1n) is 7.92. The average Bonchev–Trinajstić information content (AvgIpc) is 3.00. The Morgan fingerprint density at radius 2 is 1.95 bits per heavy atom. The van der Waals surface area contributed by atoms with E-state index < -0.39 is 0 Å². The van der Waals surface area contributed by atoms with Gasteiger partial charge in [0.1, 0.15) is 0 Å². The number of benzene rings is 1. The standard InChI is InChI=1S/C18H26N2O/c1-17(14-18-8-3-2-4-9-18)15-20(16-21)13-7-12-19-10-5-6-11-19/h2-4,8-9,14,16H,5-7,10-13,15H2,1H3/b17-14+. The second-order valence-electron chi connectivity index (χ2n) is 5.88. The third-order valence-corrected chi connectivity index (χ3v) is 3.93. The average molecular weight is 286 g/mol. The lowest BCUT2D eigenvalue weighted by Crippen LogP contribution is -2.29. The Labute approximate surface area is 128 Å². The first kappa shape index (κ1) is 15.8. The SMILES string of the molecule is C/C(=C\c1ccccc1)CN(C=O)CCCN1CCCC1. The predicted molar refractivity (Wildman–Crippen MR) is 88.0 cm³/mol. The fourth-order valence-electron chi connectivity index (χ4n) is 2.87. The van der Waals surface area contributed by atoms with Gasteiger partial charge in [0.15, 0.2) is 0 Å². The van der Waals surface area contributed by atoms with Crippen molar-refractivity contribution in [1.29, 1.82) is 0 Å². The summed E-state index contributed by atoms with van der Waals surface area (Å²) in [4.78, 5) is 15.6. The molecule has 0 aromatic heterocycles. The lowest BCUT2D eigenvalue weighted by molar-refractivity contribution is -0.117. The number of hydrogen-bond donors (Lipinski definition) is 0. The number of carbonyl (C=O) groups is 1. The van der Waals surface area contributed by atoms with Crippen LogP contribution >= 0.6 is 0 Å². The van der Waals surface area contributed by atoms with Crippen molar-refractivity contribution in [3.63, 3.8) is 0 Å². The smallest absolute Gasteiger partial charge is 0.209 e. The molecular formula is C18H26N2O. The maximum Gasteiger partial charge on any atom is 0.209 e. The van der Waals surface area contributed by atoms with Gasteiger partial charge in [0.2, 0.25) is 6.41 Å². The molecule has 21 heavy (non-hydrogen) atoms. The summed E-state index contributed by atoms with van der Waals surface area (Å²) >= 11 is 0. The van der Waals surface area contributed by atoms with E-state index in [0.29, 0.717) is 0 Å². The molecule has 0 aliphatic carbocycles. The van der Waals surface area contributed by atoms with Crippen LogP contribution < -0.4 is 0 Å². The molecule has 114 valence electrons. The number of amides is 1. The van der Waals surface area contributed by atoms with Crippen molar-refractivity contribution in [2.45, 2.75) is 26.2 Å². The fraction of sp³-hybridized carbons (Fsp3) is 0.500. The predicted octanol–water partition coefficient (Wildman–Crippen LogP) is 3.03. The van der Waals surface area contributed by atoms with Crippen molar-refractivity contribution in [3.05, 3.63) is 41.5 Å². The molecule has 1 aliphatic heterocycles. The van der Waals surface area contributed by atoms with Gasteiger partial charge in [0, 0.05) is 13.1 Å². The second kappa shape index (κ2) is 8.63. The molecule has 1 amide bonds. The molecule has 0 N–H and O–H groups in total. The van der Waals surface area contributed by atoms with Crippen LogP contribution in [0.1, 0.15) is 31.7 Å². The van der Waals surface area contributed by atoms with E-state index in [1.165, 1.54) is 37.1 Å². The van der Waals surface area contributed by atoms with E-state index in [0.717, 1.165) is 32.5 Å². The van der Waals surface area contributed by atoms with E-state index >= 15 is 0 Å². The Hall–Kier alpha value is -1.61. The number of likely N-dealkylation sites (tertiary alicyclic amines) is 1. The Balaban J connectivity index is 1.75. The minimum Gasteiger partial charge on any atom is -0.341 e. The molecule has 1 aromatic rings. The molecule has 0 radical (unpaired) electrons. The quantitative estimate of drug-likeness (QED) is 0.686. The van der Waals surface area contributed by atoms with Gasteiger partial charge in [-0.2, -0.15) is 0 Å². The largest absolute Gasteiger partial charge is 0.341 e. The number of nitrogens with zero attached hydrogens (tertiary/aromatic N) is 2. The molecule has 0 bridgehead atoms. The summed E-state index contributed by atoms with van der Waals surface area (Å²) in [5.74, 6) is 0. The van der Waals surface area contributed by atoms with E-state index in [1.807, 2.05) is 23.1 Å². The van der Waals surface area contributed by atoms with E-state index in [9.17, 15) is 4.79 Å². The topological polar surface area (TPSA) is 23.6 Å². The van der Waals surface area contributed by atoms with Crippen LogP contribution in [0.4, 0.5) is 0 Å².